The molecule has 0 aliphatic heterocycles. The smallest absolute Gasteiger partial charge is 0.411 e. The van der Waals surface area contributed by atoms with Crippen LogP contribution in [0.4, 0.5) is 9.59 Å². The lowest BCUT2D eigenvalue weighted by molar-refractivity contribution is -0.119. The Labute approximate surface area is 170 Å². The molecule has 0 aromatic heterocycles. The molecule has 0 radical (unpaired) electrons. The van der Waals surface area contributed by atoms with Gasteiger partial charge in [-0.1, -0.05) is 42.5 Å². The minimum Gasteiger partial charge on any atom is -0.412 e. The summed E-state index contributed by atoms with van der Waals surface area (Å²) in [6.07, 6.45) is 2.06. The van der Waals surface area contributed by atoms with E-state index in [4.69, 9.17) is 0 Å². The van der Waals surface area contributed by atoms with Crippen LogP contribution >= 0.6 is 0 Å². The molecule has 0 saturated heterocycles. The quantitative estimate of drug-likeness (QED) is 0.305. The lowest BCUT2D eigenvalue weighted by Crippen LogP contribution is -2.37. The fourth-order valence-electron chi connectivity index (χ4n) is 1.54. The van der Waals surface area contributed by atoms with Gasteiger partial charge in [-0.25, -0.2) is 9.59 Å². The van der Waals surface area contributed by atoms with Crippen LogP contribution in [0.5, 0.6) is 0 Å². The maximum Gasteiger partial charge on any atom is 0.411 e. The number of carbonyl (C=O) groups is 4. The van der Waals surface area contributed by atoms with Gasteiger partial charge in [-0.05, 0) is 12.8 Å². The number of hydrogen-bond donors (Lipinski definition) is 4. The van der Waals surface area contributed by atoms with Crippen LogP contribution < -0.4 is 21.3 Å². The maximum absolute atomic E-state index is 11.3. The molecule has 4 amide bonds. The molecule has 0 aliphatic rings. The van der Waals surface area contributed by atoms with E-state index in [0.717, 1.165) is 25.7 Å². The van der Waals surface area contributed by atoms with E-state index in [1.807, 2.05) is 0 Å². The molecule has 0 spiro atoms. The highest BCUT2D eigenvalue weighted by atomic mass is 16.7. The van der Waals surface area contributed by atoms with E-state index < -0.39 is 19.0 Å². The molecule has 0 saturated carbocycles. The Kier molecular flexibility index (Phi) is 31.8. The zero-order valence-corrected chi connectivity index (χ0v) is 14.1. The third-order valence-electron chi connectivity index (χ3n) is 2.70. The van der Waals surface area contributed by atoms with Crippen molar-refractivity contribution in [3.8, 4) is 0 Å². The molecule has 170 valence electrons. The van der Waals surface area contributed by atoms with E-state index >= 15 is 0 Å². The standard InChI is InChI=1S/C14H26N4O6.4CH4/c1-11(19)15-7-5-3-4-6-8-16-13(21)23-10-24-14(22)18-9-17-12(2)20;;;;/h3-10H2,1-2H3,(H,15,19)(H,16,21)(H,17,20)(H,18,22);4*1H4. The van der Waals surface area contributed by atoms with Gasteiger partial charge in [0.1, 0.15) is 0 Å². The summed E-state index contributed by atoms with van der Waals surface area (Å²) in [7, 11) is 0. The van der Waals surface area contributed by atoms with Crippen molar-refractivity contribution in [1.29, 1.82) is 0 Å². The number of carbonyl (C=O) groups excluding carboxylic acids is 4. The molecule has 0 fully saturated rings. The molecular formula is C18H42N4O6. The van der Waals surface area contributed by atoms with Crippen LogP contribution in [0.15, 0.2) is 0 Å². The third-order valence-corrected chi connectivity index (χ3v) is 2.70. The Balaban J connectivity index is -0.000000441. The van der Waals surface area contributed by atoms with Crippen LogP contribution in [0.1, 0.15) is 69.2 Å². The van der Waals surface area contributed by atoms with E-state index in [9.17, 15) is 19.2 Å². The number of alkyl carbamates (subject to hydrolysis) is 2. The first kappa shape index (κ1) is 36.4. The molecule has 0 rings (SSSR count). The van der Waals surface area contributed by atoms with Gasteiger partial charge in [0.25, 0.3) is 0 Å². The summed E-state index contributed by atoms with van der Waals surface area (Å²) >= 11 is 0. The number of amides is 4. The molecular weight excluding hydrogens is 368 g/mol. The molecule has 0 heterocycles. The average molecular weight is 411 g/mol. The summed E-state index contributed by atoms with van der Waals surface area (Å²) in [5.74, 6) is -0.327. The number of ether oxygens (including phenoxy) is 2. The van der Waals surface area contributed by atoms with Gasteiger partial charge in [0, 0.05) is 26.9 Å². The summed E-state index contributed by atoms with van der Waals surface area (Å²) in [6.45, 7) is 3.31. The van der Waals surface area contributed by atoms with Crippen molar-refractivity contribution in [3.05, 3.63) is 0 Å². The molecule has 0 aromatic rings. The minimum absolute atomic E-state index is 0. The summed E-state index contributed by atoms with van der Waals surface area (Å²) in [6, 6.07) is 0. The Hall–Kier alpha value is -2.52. The van der Waals surface area contributed by atoms with E-state index in [0.29, 0.717) is 13.1 Å². The second kappa shape index (κ2) is 24.5. The molecule has 4 N–H and O–H groups in total. The van der Waals surface area contributed by atoms with Crippen molar-refractivity contribution in [2.24, 2.45) is 0 Å². The topological polar surface area (TPSA) is 135 Å². The second-order valence-corrected chi connectivity index (χ2v) is 4.89. The number of nitrogens with one attached hydrogen (secondary N) is 4. The summed E-state index contributed by atoms with van der Waals surface area (Å²) in [4.78, 5) is 43.6. The van der Waals surface area contributed by atoms with Gasteiger partial charge >= 0.3 is 12.2 Å². The highest BCUT2D eigenvalue weighted by Gasteiger charge is 2.04. The van der Waals surface area contributed by atoms with E-state index in [1.54, 1.807) is 0 Å². The summed E-state index contributed by atoms with van der Waals surface area (Å²) < 4.78 is 9.21. The van der Waals surface area contributed by atoms with Crippen LogP contribution in [0, 0.1) is 0 Å². The van der Waals surface area contributed by atoms with Crippen molar-refractivity contribution in [1.82, 2.24) is 21.3 Å². The molecule has 0 unspecified atom stereocenters. The highest BCUT2D eigenvalue weighted by molar-refractivity contribution is 5.74. The minimum atomic E-state index is -0.810. The lowest BCUT2D eigenvalue weighted by Gasteiger charge is -2.09. The van der Waals surface area contributed by atoms with Gasteiger partial charge in [0.15, 0.2) is 0 Å². The highest BCUT2D eigenvalue weighted by Crippen LogP contribution is 1.97. The van der Waals surface area contributed by atoms with E-state index in [-0.39, 0.29) is 48.2 Å². The monoisotopic (exact) mass is 410 g/mol. The fourth-order valence-corrected chi connectivity index (χ4v) is 1.54. The normalized spacial score (nSPS) is 8.21. The van der Waals surface area contributed by atoms with Crippen LogP contribution in [-0.2, 0) is 19.1 Å². The number of hydrogen-bond acceptors (Lipinski definition) is 6. The second-order valence-electron chi connectivity index (χ2n) is 4.89. The molecule has 0 bridgehead atoms. The zero-order chi connectivity index (χ0) is 18.2. The SMILES string of the molecule is C.C.C.C.CC(=O)NCCCCCCNC(=O)OCOC(=O)NCNC(C)=O. The Bertz CT molecular complexity index is 419. The van der Waals surface area contributed by atoms with Crippen molar-refractivity contribution in [3.63, 3.8) is 0 Å². The van der Waals surface area contributed by atoms with E-state index in [2.05, 4.69) is 30.7 Å². The zero-order valence-electron chi connectivity index (χ0n) is 14.1. The first-order chi connectivity index (χ1) is 11.4. The van der Waals surface area contributed by atoms with Gasteiger partial charge in [0.2, 0.25) is 18.6 Å². The van der Waals surface area contributed by atoms with Crippen molar-refractivity contribution in [2.45, 2.75) is 69.2 Å². The van der Waals surface area contributed by atoms with Crippen LogP contribution in [0.2, 0.25) is 0 Å². The fraction of sp³-hybridized carbons (Fsp3) is 0.778. The van der Waals surface area contributed by atoms with Gasteiger partial charge in [0.05, 0.1) is 6.67 Å². The molecule has 28 heavy (non-hydrogen) atoms. The Morgan fingerprint density at radius 2 is 1.04 bits per heavy atom. The molecule has 0 aliphatic carbocycles. The molecule has 10 heteroatoms. The van der Waals surface area contributed by atoms with Crippen molar-refractivity contribution < 1.29 is 28.7 Å². The average Bonchev–Trinajstić information content (AvgIpc) is 2.49. The molecule has 0 atom stereocenters. The first-order valence-corrected chi connectivity index (χ1v) is 7.72. The van der Waals surface area contributed by atoms with Gasteiger partial charge in [-0.15, -0.1) is 0 Å². The number of unbranched alkanes of at least 4 members (excludes halogenated alkanes) is 3. The largest absolute Gasteiger partial charge is 0.412 e. The van der Waals surface area contributed by atoms with Crippen molar-refractivity contribution in [2.75, 3.05) is 26.6 Å². The van der Waals surface area contributed by atoms with Gasteiger partial charge < -0.3 is 30.7 Å². The predicted molar refractivity (Wildman–Crippen MR) is 112 cm³/mol. The maximum atomic E-state index is 11.3. The van der Waals surface area contributed by atoms with E-state index in [1.165, 1.54) is 13.8 Å². The predicted octanol–water partition coefficient (Wildman–Crippen LogP) is 2.73. The summed E-state index contributed by atoms with van der Waals surface area (Å²) in [5, 5.41) is 9.82. The van der Waals surface area contributed by atoms with Gasteiger partial charge in [-0.2, -0.15) is 0 Å². The van der Waals surface area contributed by atoms with Crippen LogP contribution in [0.25, 0.3) is 0 Å². The molecule has 0 aromatic carbocycles. The van der Waals surface area contributed by atoms with Gasteiger partial charge in [-0.3, -0.25) is 9.59 Å². The molecule has 10 nitrogen and oxygen atoms in total. The lowest BCUT2D eigenvalue weighted by atomic mass is 10.2. The third kappa shape index (κ3) is 28.3. The Morgan fingerprint density at radius 3 is 1.50 bits per heavy atom. The van der Waals surface area contributed by atoms with Crippen LogP contribution in [-0.4, -0.2) is 50.6 Å². The summed E-state index contributed by atoms with van der Waals surface area (Å²) in [5.41, 5.74) is 0. The van der Waals surface area contributed by atoms with Crippen LogP contribution in [0.3, 0.4) is 0 Å². The van der Waals surface area contributed by atoms with Crippen molar-refractivity contribution >= 4 is 24.0 Å². The Morgan fingerprint density at radius 1 is 0.607 bits per heavy atom. The number of rotatable bonds is 11. The first-order valence-electron chi connectivity index (χ1n) is 7.72.